The molecule has 154 valence electrons. The van der Waals surface area contributed by atoms with Gasteiger partial charge in [-0.15, -0.1) is 0 Å². The van der Waals surface area contributed by atoms with Crippen molar-refractivity contribution in [3.63, 3.8) is 0 Å². The molecule has 0 spiro atoms. The normalized spacial score (nSPS) is 23.9. The smallest absolute Gasteiger partial charge is 0.260 e. The van der Waals surface area contributed by atoms with E-state index in [-0.39, 0.29) is 24.6 Å². The molecule has 3 heterocycles. The molecule has 7 nitrogen and oxygen atoms in total. The highest BCUT2D eigenvalue weighted by Gasteiger charge is 2.41. The van der Waals surface area contributed by atoms with Crippen LogP contribution in [-0.2, 0) is 4.79 Å². The van der Waals surface area contributed by atoms with Crippen LogP contribution in [0.4, 0.5) is 0 Å². The van der Waals surface area contributed by atoms with Crippen LogP contribution in [0, 0.1) is 6.92 Å². The van der Waals surface area contributed by atoms with E-state index in [0.29, 0.717) is 17.4 Å². The molecule has 1 aromatic carbocycles. The molecule has 3 unspecified atom stereocenters. The molecular weight excluding hydrogens is 368 g/mol. The summed E-state index contributed by atoms with van der Waals surface area (Å²) in [6.45, 7) is 3.60. The number of nitrogens with one attached hydrogen (secondary N) is 2. The van der Waals surface area contributed by atoms with E-state index >= 15 is 0 Å². The van der Waals surface area contributed by atoms with Crippen molar-refractivity contribution >= 4 is 5.91 Å². The molecule has 2 aliphatic rings. The first-order valence-corrected chi connectivity index (χ1v) is 10.1. The van der Waals surface area contributed by atoms with Crippen molar-refractivity contribution in [2.75, 3.05) is 26.8 Å². The first-order chi connectivity index (χ1) is 14.2. The summed E-state index contributed by atoms with van der Waals surface area (Å²) in [7, 11) is 1.61. The Bertz CT molecular complexity index is 845. The van der Waals surface area contributed by atoms with Gasteiger partial charge in [0.25, 0.3) is 5.91 Å². The van der Waals surface area contributed by atoms with E-state index in [4.69, 9.17) is 9.47 Å². The Kier molecular flexibility index (Phi) is 5.97. The lowest BCUT2D eigenvalue weighted by Gasteiger charge is -2.32. The number of hydrogen-bond acceptors (Lipinski definition) is 6. The average molecular weight is 396 g/mol. The number of methoxy groups -OCH3 is 1. The molecule has 7 heteroatoms. The Morgan fingerprint density at radius 3 is 2.86 bits per heavy atom. The fraction of sp³-hybridized carbons (Fsp3) is 0.455. The highest BCUT2D eigenvalue weighted by atomic mass is 16.5. The molecule has 2 saturated heterocycles. The van der Waals surface area contributed by atoms with Crippen molar-refractivity contribution < 1.29 is 14.3 Å². The molecule has 1 amide bonds. The van der Waals surface area contributed by atoms with Crippen molar-refractivity contribution in [1.82, 2.24) is 20.7 Å². The molecule has 2 fully saturated rings. The maximum absolute atomic E-state index is 13.0. The van der Waals surface area contributed by atoms with E-state index in [1.165, 1.54) is 5.56 Å². The predicted molar refractivity (Wildman–Crippen MR) is 110 cm³/mol. The van der Waals surface area contributed by atoms with Gasteiger partial charge in [0.05, 0.1) is 7.11 Å². The second-order valence-electron chi connectivity index (χ2n) is 7.68. The number of rotatable bonds is 6. The highest BCUT2D eigenvalue weighted by molar-refractivity contribution is 5.78. The minimum Gasteiger partial charge on any atom is -0.493 e. The minimum atomic E-state index is 0.00991. The van der Waals surface area contributed by atoms with Gasteiger partial charge in [0.1, 0.15) is 0 Å². The summed E-state index contributed by atoms with van der Waals surface area (Å²) in [6, 6.07) is 10.1. The minimum absolute atomic E-state index is 0.00991. The maximum atomic E-state index is 13.0. The standard InChI is InChI=1S/C22H28N4O3/c1-15-5-6-19(20(12-15)28-2)29-14-21(27)26-11-3-4-18(26)22-17(13-24-25-22)16-7-9-23-10-8-16/h5-10,12,17-18,22,24-25H,3-4,11,13-14H2,1-2H3. The molecule has 4 rings (SSSR count). The van der Waals surface area contributed by atoms with E-state index in [1.807, 2.05) is 42.4 Å². The number of likely N-dealkylation sites (tertiary alicyclic amines) is 1. The van der Waals surface area contributed by atoms with E-state index in [0.717, 1.165) is 31.5 Å². The average Bonchev–Trinajstić information content (AvgIpc) is 3.42. The second kappa shape index (κ2) is 8.80. The second-order valence-corrected chi connectivity index (χ2v) is 7.68. The van der Waals surface area contributed by atoms with Crippen molar-refractivity contribution in [2.45, 2.75) is 37.8 Å². The van der Waals surface area contributed by atoms with E-state index in [9.17, 15) is 4.79 Å². The maximum Gasteiger partial charge on any atom is 0.260 e. The van der Waals surface area contributed by atoms with Gasteiger partial charge in [-0.3, -0.25) is 20.6 Å². The zero-order valence-electron chi connectivity index (χ0n) is 16.9. The highest BCUT2D eigenvalue weighted by Crippen LogP contribution is 2.32. The van der Waals surface area contributed by atoms with Crippen LogP contribution in [0.3, 0.4) is 0 Å². The van der Waals surface area contributed by atoms with Crippen LogP contribution in [0.2, 0.25) is 0 Å². The fourth-order valence-electron chi connectivity index (χ4n) is 4.41. The van der Waals surface area contributed by atoms with E-state index in [1.54, 1.807) is 7.11 Å². The van der Waals surface area contributed by atoms with Gasteiger partial charge >= 0.3 is 0 Å². The van der Waals surface area contributed by atoms with E-state index in [2.05, 4.69) is 28.0 Å². The quantitative estimate of drug-likeness (QED) is 0.778. The SMILES string of the molecule is COc1cc(C)ccc1OCC(=O)N1CCCC1C1NNCC1c1ccncc1. The molecule has 2 N–H and O–H groups in total. The van der Waals surface area contributed by atoms with Crippen LogP contribution in [0.25, 0.3) is 0 Å². The lowest BCUT2D eigenvalue weighted by atomic mass is 9.88. The lowest BCUT2D eigenvalue weighted by molar-refractivity contribution is -0.134. The van der Waals surface area contributed by atoms with Crippen molar-refractivity contribution in [2.24, 2.45) is 0 Å². The van der Waals surface area contributed by atoms with Crippen LogP contribution < -0.4 is 20.3 Å². The molecule has 0 bridgehead atoms. The summed E-state index contributed by atoms with van der Waals surface area (Å²) in [6.07, 6.45) is 5.64. The van der Waals surface area contributed by atoms with Crippen molar-refractivity contribution in [3.05, 3.63) is 53.9 Å². The summed E-state index contributed by atoms with van der Waals surface area (Å²) < 4.78 is 11.2. The molecular formula is C22H28N4O3. The van der Waals surface area contributed by atoms with Gasteiger partial charge in [-0.25, -0.2) is 0 Å². The number of benzene rings is 1. The molecule has 0 saturated carbocycles. The number of aromatic nitrogens is 1. The molecule has 2 aliphatic heterocycles. The number of carbonyl (C=O) groups is 1. The Labute approximate surface area is 171 Å². The monoisotopic (exact) mass is 396 g/mol. The number of ether oxygens (including phenoxy) is 2. The van der Waals surface area contributed by atoms with Gasteiger partial charge in [0, 0.05) is 43.5 Å². The molecule has 3 atom stereocenters. The molecule has 2 aromatic rings. The number of aryl methyl sites for hydroxylation is 1. The van der Waals surface area contributed by atoms with Crippen LogP contribution in [-0.4, -0.2) is 54.7 Å². The fourth-order valence-corrected chi connectivity index (χ4v) is 4.41. The number of carbonyl (C=O) groups excluding carboxylic acids is 1. The number of hydrogen-bond donors (Lipinski definition) is 2. The Balaban J connectivity index is 1.43. The molecule has 0 aliphatic carbocycles. The molecule has 0 radical (unpaired) electrons. The zero-order valence-corrected chi connectivity index (χ0v) is 16.9. The van der Waals surface area contributed by atoms with Crippen LogP contribution in [0.15, 0.2) is 42.7 Å². The van der Waals surface area contributed by atoms with E-state index < -0.39 is 0 Å². The van der Waals surface area contributed by atoms with Gasteiger partial charge in [0.15, 0.2) is 18.1 Å². The first-order valence-electron chi connectivity index (χ1n) is 10.1. The lowest BCUT2D eigenvalue weighted by Crippen LogP contribution is -2.50. The molecule has 1 aromatic heterocycles. The molecule has 29 heavy (non-hydrogen) atoms. The summed E-state index contributed by atoms with van der Waals surface area (Å²) >= 11 is 0. The van der Waals surface area contributed by atoms with Gasteiger partial charge in [-0.1, -0.05) is 6.07 Å². The Morgan fingerprint density at radius 1 is 1.24 bits per heavy atom. The van der Waals surface area contributed by atoms with Crippen LogP contribution >= 0.6 is 0 Å². The first kappa shape index (κ1) is 19.7. The number of amides is 1. The Hall–Kier alpha value is -2.64. The summed E-state index contributed by atoms with van der Waals surface area (Å²) in [5.41, 5.74) is 9.01. The third-order valence-corrected chi connectivity index (χ3v) is 5.86. The van der Waals surface area contributed by atoms with Gasteiger partial charge in [0.2, 0.25) is 0 Å². The van der Waals surface area contributed by atoms with Gasteiger partial charge in [-0.05, 0) is 55.2 Å². The number of nitrogens with zero attached hydrogens (tertiary/aromatic N) is 2. The largest absolute Gasteiger partial charge is 0.493 e. The van der Waals surface area contributed by atoms with Crippen LogP contribution in [0.1, 0.15) is 29.9 Å². The van der Waals surface area contributed by atoms with Gasteiger partial charge in [-0.2, -0.15) is 0 Å². The predicted octanol–water partition coefficient (Wildman–Crippen LogP) is 2.03. The summed E-state index contributed by atoms with van der Waals surface area (Å²) in [5.74, 6) is 1.56. The number of pyridine rings is 1. The zero-order chi connectivity index (χ0) is 20.2. The third kappa shape index (κ3) is 4.21. The van der Waals surface area contributed by atoms with Crippen molar-refractivity contribution in [3.8, 4) is 11.5 Å². The van der Waals surface area contributed by atoms with Crippen LogP contribution in [0.5, 0.6) is 11.5 Å². The summed E-state index contributed by atoms with van der Waals surface area (Å²) in [4.78, 5) is 19.1. The third-order valence-electron chi connectivity index (χ3n) is 5.86. The summed E-state index contributed by atoms with van der Waals surface area (Å²) in [5, 5.41) is 0. The van der Waals surface area contributed by atoms with Crippen molar-refractivity contribution in [1.29, 1.82) is 0 Å². The van der Waals surface area contributed by atoms with Gasteiger partial charge < -0.3 is 14.4 Å². The number of hydrazine groups is 1. The Morgan fingerprint density at radius 2 is 2.07 bits per heavy atom. The topological polar surface area (TPSA) is 75.7 Å².